The minimum Gasteiger partial charge on any atom is -0.507 e. The first-order chi connectivity index (χ1) is 32.1. The van der Waals surface area contributed by atoms with Crippen LogP contribution in [0.4, 0.5) is 0 Å². The van der Waals surface area contributed by atoms with Crippen LogP contribution in [0.1, 0.15) is 233 Å². The Morgan fingerprint density at radius 1 is 0.315 bits per heavy atom. The third-order valence-electron chi connectivity index (χ3n) is 13.2. The van der Waals surface area contributed by atoms with Gasteiger partial charge in [-0.2, -0.15) is 0 Å². The van der Waals surface area contributed by atoms with Gasteiger partial charge in [-0.1, -0.05) is 175 Å². The first-order valence-corrected chi connectivity index (χ1v) is 27.1. The molecule has 6 nitrogen and oxygen atoms in total. The molecular formula is C62H92N2NiO4S4. The molecule has 4 aromatic rings. The monoisotopic (exact) mass is 1110 g/mol. The largest absolute Gasteiger partial charge is 2.00 e. The molecule has 4 N–H and O–H groups in total. The van der Waals surface area contributed by atoms with E-state index in [2.05, 4.69) is 215 Å². The van der Waals surface area contributed by atoms with Gasteiger partial charge in [0.1, 0.15) is 23.0 Å². The van der Waals surface area contributed by atoms with E-state index in [0.717, 1.165) is 66.8 Å². The molecule has 0 aromatic heterocycles. The summed E-state index contributed by atoms with van der Waals surface area (Å²) < 4.78 is 0.806. The normalized spacial score (nSPS) is 12.9. The molecule has 11 heteroatoms. The van der Waals surface area contributed by atoms with Gasteiger partial charge >= 0.3 is 16.5 Å². The second kappa shape index (κ2) is 23.2. The summed E-state index contributed by atoms with van der Waals surface area (Å²) in [5.74, 6) is 1.48. The van der Waals surface area contributed by atoms with Crippen LogP contribution in [0, 0.1) is 0 Å². The van der Waals surface area contributed by atoms with Gasteiger partial charge in [-0.15, -0.1) is 0 Å². The molecule has 0 bridgehead atoms. The molecule has 4 aromatic carbocycles. The summed E-state index contributed by atoms with van der Waals surface area (Å²) in [4.78, 5) is 4.06. The van der Waals surface area contributed by atoms with E-state index in [0.29, 0.717) is 57.8 Å². The minimum atomic E-state index is -0.209. The van der Waals surface area contributed by atoms with E-state index in [-0.39, 0.29) is 59.8 Å². The summed E-state index contributed by atoms with van der Waals surface area (Å²) in [7, 11) is 0. The SMILES string of the molecule is CC(C)(C)c1cc(CN(Cc2cc(C(C)(C)C)c(O)c(C(C)(C)C)c2)C(=S)[S-])cc(C(C)(C)C)c1O.CC(C)(C)c1cc(CN(Cc2cc(C(C)(C)C)c(O)c(C(C)(C)C)c2)C(=S)[S-])cc(C(C)(C)C)c1O.[Ni+2]. The molecule has 0 heterocycles. The third kappa shape index (κ3) is 17.4. The average Bonchev–Trinajstić information content (AvgIpc) is 3.16. The van der Waals surface area contributed by atoms with Crippen LogP contribution in [0.5, 0.6) is 23.0 Å². The summed E-state index contributed by atoms with van der Waals surface area (Å²) in [6.45, 7) is 53.0. The Morgan fingerprint density at radius 3 is 0.507 bits per heavy atom. The number of rotatable bonds is 8. The molecule has 0 radical (unpaired) electrons. The number of hydrogen-bond acceptors (Lipinski definition) is 8. The Balaban J connectivity index is 0.000000493. The molecule has 0 aliphatic heterocycles. The van der Waals surface area contributed by atoms with Crippen molar-refractivity contribution in [2.75, 3.05) is 0 Å². The number of benzene rings is 4. The maximum absolute atomic E-state index is 11.1. The fourth-order valence-electron chi connectivity index (χ4n) is 8.97. The van der Waals surface area contributed by atoms with Crippen molar-refractivity contribution in [2.24, 2.45) is 0 Å². The molecule has 0 spiro atoms. The molecule has 0 saturated carbocycles. The average molecular weight is 1120 g/mol. The third-order valence-corrected chi connectivity index (χ3v) is 14.2. The van der Waals surface area contributed by atoms with Crippen molar-refractivity contribution >= 4 is 58.3 Å². The van der Waals surface area contributed by atoms with Crippen LogP contribution in [0.2, 0.25) is 0 Å². The van der Waals surface area contributed by atoms with E-state index < -0.39 is 0 Å². The zero-order chi connectivity index (χ0) is 56.0. The van der Waals surface area contributed by atoms with E-state index in [1.807, 2.05) is 9.80 Å². The maximum atomic E-state index is 11.1. The Bertz CT molecular complexity index is 2130. The molecule has 0 saturated heterocycles. The van der Waals surface area contributed by atoms with E-state index >= 15 is 0 Å². The second-order valence-electron chi connectivity index (χ2n) is 28.4. The van der Waals surface area contributed by atoms with E-state index in [1.54, 1.807) is 0 Å². The van der Waals surface area contributed by atoms with Crippen molar-refractivity contribution in [3.8, 4) is 23.0 Å². The summed E-state index contributed by atoms with van der Waals surface area (Å²) >= 11 is 22.1. The molecule has 0 aliphatic rings. The van der Waals surface area contributed by atoms with Crippen molar-refractivity contribution in [2.45, 2.75) is 236 Å². The second-order valence-corrected chi connectivity index (χ2v) is 30.5. The van der Waals surface area contributed by atoms with Crippen molar-refractivity contribution in [1.29, 1.82) is 0 Å². The van der Waals surface area contributed by atoms with Gasteiger partial charge in [0.25, 0.3) is 0 Å². The first-order valence-electron chi connectivity index (χ1n) is 25.5. The fourth-order valence-corrected chi connectivity index (χ4v) is 9.48. The van der Waals surface area contributed by atoms with Crippen molar-refractivity contribution < 1.29 is 36.9 Å². The van der Waals surface area contributed by atoms with Crippen LogP contribution >= 0.6 is 24.4 Å². The van der Waals surface area contributed by atoms with E-state index in [9.17, 15) is 20.4 Å². The Kier molecular flexibility index (Phi) is 20.9. The van der Waals surface area contributed by atoms with Crippen molar-refractivity contribution in [3.63, 3.8) is 0 Å². The number of hydrogen-bond donors (Lipinski definition) is 4. The van der Waals surface area contributed by atoms with Gasteiger partial charge in [0.05, 0.1) is 0 Å². The predicted octanol–water partition coefficient (Wildman–Crippen LogP) is 16.2. The number of nitrogens with zero attached hydrogens (tertiary/aromatic N) is 2. The van der Waals surface area contributed by atoms with Crippen LogP contribution in [0.3, 0.4) is 0 Å². The van der Waals surface area contributed by atoms with E-state index in [4.69, 9.17) is 49.7 Å². The molecule has 0 aliphatic carbocycles. The minimum absolute atomic E-state index is 0. The Morgan fingerprint density at radius 2 is 0.425 bits per heavy atom. The molecule has 0 fully saturated rings. The summed E-state index contributed by atoms with van der Waals surface area (Å²) in [5, 5.41) is 44.5. The number of thiocarbonyl (C=S) groups is 2. The van der Waals surface area contributed by atoms with Crippen LogP contribution in [0.25, 0.3) is 0 Å². The topological polar surface area (TPSA) is 87.4 Å². The zero-order valence-electron chi connectivity index (χ0n) is 49.1. The molecule has 0 unspecified atom stereocenters. The fraction of sp³-hybridized carbons (Fsp3) is 0.581. The van der Waals surface area contributed by atoms with Gasteiger partial charge in [0.2, 0.25) is 0 Å². The number of phenolic OH excluding ortho intramolecular Hbond substituents is 4. The smallest absolute Gasteiger partial charge is 0.507 e. The zero-order valence-corrected chi connectivity index (χ0v) is 53.3. The van der Waals surface area contributed by atoms with Gasteiger partial charge in [0.15, 0.2) is 0 Å². The number of phenols is 4. The summed E-state index contributed by atoms with van der Waals surface area (Å²) in [6, 6.07) is 16.7. The standard InChI is InChI=1S/2C31H47NO2S2.Ni/c2*1-28(2,3)21-13-19(14-22(25(21)33)29(4,5)6)17-32(27(35)36)18-20-15-23(30(7,8)9)26(34)24(16-20)31(10,11)12;/h2*13-16,33-34H,17-18H2,1-12H3,(H,35,36);/q;;+2/p-2. The van der Waals surface area contributed by atoms with Crippen molar-refractivity contribution in [3.05, 3.63) is 115 Å². The van der Waals surface area contributed by atoms with Gasteiger partial charge in [-0.3, -0.25) is 0 Å². The van der Waals surface area contributed by atoms with Crippen LogP contribution < -0.4 is 0 Å². The van der Waals surface area contributed by atoms with Crippen LogP contribution in [-0.4, -0.2) is 38.9 Å². The Labute approximate surface area is 475 Å². The molecule has 0 atom stereocenters. The van der Waals surface area contributed by atoms with Crippen LogP contribution in [-0.2, 0) is 111 Å². The van der Waals surface area contributed by atoms with Gasteiger partial charge in [-0.25, -0.2) is 0 Å². The maximum Gasteiger partial charge on any atom is 2.00 e. The molecule has 0 amide bonds. The van der Waals surface area contributed by atoms with Gasteiger partial charge in [-0.05, 0) is 159 Å². The molecular weight excluding hydrogens is 1020 g/mol. The molecule has 408 valence electrons. The summed E-state index contributed by atoms with van der Waals surface area (Å²) in [5.41, 5.74) is 10.0. The van der Waals surface area contributed by atoms with Crippen LogP contribution in [0.15, 0.2) is 48.5 Å². The molecule has 4 rings (SSSR count). The number of aromatic hydroxyl groups is 4. The Hall–Kier alpha value is -3.21. The first kappa shape index (κ1) is 65.9. The van der Waals surface area contributed by atoms with E-state index in [1.165, 1.54) is 0 Å². The molecule has 73 heavy (non-hydrogen) atoms. The summed E-state index contributed by atoms with van der Waals surface area (Å²) in [6.07, 6.45) is 0. The predicted molar refractivity (Wildman–Crippen MR) is 320 cm³/mol. The van der Waals surface area contributed by atoms with Gasteiger partial charge < -0.3 is 79.9 Å². The van der Waals surface area contributed by atoms with Gasteiger partial charge in [0, 0.05) is 26.2 Å². The quantitative estimate of drug-likeness (QED) is 0.0777. The van der Waals surface area contributed by atoms with Crippen molar-refractivity contribution in [1.82, 2.24) is 9.80 Å².